The Morgan fingerprint density at radius 3 is 2.58 bits per heavy atom. The van der Waals surface area contributed by atoms with Crippen LogP contribution in [-0.4, -0.2) is 87.4 Å². The number of carboxylic acid groups (broad SMARTS) is 1. The highest BCUT2D eigenvalue weighted by Gasteiger charge is 2.48. The molecular formula is C20H30N2O9. The van der Waals surface area contributed by atoms with E-state index in [0.717, 1.165) is 5.56 Å². The van der Waals surface area contributed by atoms with E-state index in [4.69, 9.17) is 9.47 Å². The van der Waals surface area contributed by atoms with Gasteiger partial charge in [-0.15, -0.1) is 0 Å². The second kappa shape index (κ2) is 11.9. The number of rotatable bonds is 11. The van der Waals surface area contributed by atoms with Gasteiger partial charge in [-0.05, 0) is 31.4 Å². The highest BCUT2D eigenvalue weighted by molar-refractivity contribution is 5.79. The number of carbonyl (C=O) groups excluding carboxylic acids is 1. The first-order valence-electron chi connectivity index (χ1n) is 10.0. The molecule has 0 saturated carbocycles. The first-order chi connectivity index (χ1) is 14.7. The molecule has 0 bridgehead atoms. The van der Waals surface area contributed by atoms with Crippen LogP contribution in [0, 0.1) is 0 Å². The number of aliphatic hydroxyl groups excluding tert-OH is 3. The molecule has 0 aromatic heterocycles. The van der Waals surface area contributed by atoms with E-state index in [0.29, 0.717) is 19.4 Å². The summed E-state index contributed by atoms with van der Waals surface area (Å²) in [6.07, 6.45) is -4.16. The van der Waals surface area contributed by atoms with Crippen molar-refractivity contribution in [2.45, 2.75) is 56.0 Å². The summed E-state index contributed by atoms with van der Waals surface area (Å²) in [5, 5.41) is 53.6. The van der Waals surface area contributed by atoms with Gasteiger partial charge in [0.05, 0.1) is 13.2 Å². The van der Waals surface area contributed by atoms with Gasteiger partial charge in [-0.1, -0.05) is 30.3 Å². The normalized spacial score (nSPS) is 26.8. The Labute approximate surface area is 179 Å². The smallest absolute Gasteiger partial charge is 0.408 e. The molecule has 0 spiro atoms. The molecule has 174 valence electrons. The van der Waals surface area contributed by atoms with Crippen molar-refractivity contribution < 1.29 is 44.6 Å². The van der Waals surface area contributed by atoms with E-state index in [1.807, 2.05) is 6.07 Å². The van der Waals surface area contributed by atoms with E-state index < -0.39 is 42.2 Å². The number of aliphatic hydroxyl groups is 4. The third-order valence-electron chi connectivity index (χ3n) is 4.96. The minimum atomic E-state index is -2.04. The Kier molecular flexibility index (Phi) is 9.62. The maximum Gasteiger partial charge on any atom is 0.408 e. The molecule has 5 atom stereocenters. The lowest BCUT2D eigenvalue weighted by atomic mass is 9.97. The van der Waals surface area contributed by atoms with Crippen molar-refractivity contribution in [1.82, 2.24) is 10.6 Å². The SMILES string of the molecule is O=C(N[C@@H](CCCCNC[C@@]1(O)OC[C@@H](O)[C@@H](O)[C@@H]1O)C(=O)O)OCc1ccccc1. The lowest BCUT2D eigenvalue weighted by Gasteiger charge is -2.41. The quantitative estimate of drug-likeness (QED) is 0.209. The topological polar surface area (TPSA) is 178 Å². The highest BCUT2D eigenvalue weighted by Crippen LogP contribution is 2.23. The fraction of sp³-hybridized carbons (Fsp3) is 0.600. The van der Waals surface area contributed by atoms with E-state index >= 15 is 0 Å². The molecule has 11 heteroatoms. The summed E-state index contributed by atoms with van der Waals surface area (Å²) >= 11 is 0. The Bertz CT molecular complexity index is 705. The summed E-state index contributed by atoms with van der Waals surface area (Å²) in [7, 11) is 0. The molecule has 2 rings (SSSR count). The number of carbonyl (C=O) groups is 2. The van der Waals surface area contributed by atoms with Crippen LogP contribution in [0.1, 0.15) is 24.8 Å². The molecule has 0 aliphatic carbocycles. The van der Waals surface area contributed by atoms with Gasteiger partial charge in [0.2, 0.25) is 5.79 Å². The van der Waals surface area contributed by atoms with Gasteiger partial charge in [-0.25, -0.2) is 9.59 Å². The molecule has 1 saturated heterocycles. The molecule has 7 N–H and O–H groups in total. The number of alkyl carbamates (subject to hydrolysis) is 1. The van der Waals surface area contributed by atoms with Crippen LogP contribution >= 0.6 is 0 Å². The molecule has 1 heterocycles. The summed E-state index contributed by atoms with van der Waals surface area (Å²) < 4.78 is 10.1. The second-order valence-corrected chi connectivity index (χ2v) is 7.43. The monoisotopic (exact) mass is 442 g/mol. The van der Waals surface area contributed by atoms with Gasteiger partial charge in [0.15, 0.2) is 0 Å². The predicted octanol–water partition coefficient (Wildman–Crippen LogP) is -1.07. The van der Waals surface area contributed by atoms with Crippen LogP contribution < -0.4 is 10.6 Å². The summed E-state index contributed by atoms with van der Waals surface area (Å²) in [5.74, 6) is -3.21. The number of unbranched alkanes of at least 4 members (excludes halogenated alkanes) is 1. The third-order valence-corrected chi connectivity index (χ3v) is 4.96. The number of benzene rings is 1. The molecule has 11 nitrogen and oxygen atoms in total. The largest absolute Gasteiger partial charge is 0.480 e. The maximum atomic E-state index is 11.8. The maximum absolute atomic E-state index is 11.8. The summed E-state index contributed by atoms with van der Waals surface area (Å²) in [5.41, 5.74) is 0.784. The van der Waals surface area contributed by atoms with Crippen LogP contribution in [0.2, 0.25) is 0 Å². The lowest BCUT2D eigenvalue weighted by Crippen LogP contribution is -2.64. The van der Waals surface area contributed by atoms with Crippen LogP contribution in [0.25, 0.3) is 0 Å². The van der Waals surface area contributed by atoms with Gasteiger partial charge < -0.3 is 45.6 Å². The van der Waals surface area contributed by atoms with Crippen molar-refractivity contribution in [1.29, 1.82) is 0 Å². The number of ether oxygens (including phenoxy) is 2. The van der Waals surface area contributed by atoms with Gasteiger partial charge in [0.1, 0.15) is 31.0 Å². The lowest BCUT2D eigenvalue weighted by molar-refractivity contribution is -0.317. The van der Waals surface area contributed by atoms with Crippen LogP contribution in [-0.2, 0) is 20.9 Å². The summed E-state index contributed by atoms with van der Waals surface area (Å²) in [4.78, 5) is 23.2. The zero-order valence-electron chi connectivity index (χ0n) is 17.0. The number of hydrogen-bond donors (Lipinski definition) is 7. The zero-order chi connectivity index (χ0) is 22.9. The van der Waals surface area contributed by atoms with Crippen LogP contribution in [0.3, 0.4) is 0 Å². The predicted molar refractivity (Wildman–Crippen MR) is 107 cm³/mol. The highest BCUT2D eigenvalue weighted by atomic mass is 16.6. The molecule has 0 radical (unpaired) electrons. The van der Waals surface area contributed by atoms with Crippen molar-refractivity contribution in [3.05, 3.63) is 35.9 Å². The van der Waals surface area contributed by atoms with Crippen LogP contribution in [0.15, 0.2) is 30.3 Å². The summed E-state index contributed by atoms with van der Waals surface area (Å²) in [6, 6.07) is 7.90. The number of carboxylic acids is 1. The van der Waals surface area contributed by atoms with E-state index in [9.17, 15) is 35.1 Å². The van der Waals surface area contributed by atoms with Gasteiger partial charge in [-0.3, -0.25) is 0 Å². The molecule has 1 fully saturated rings. The number of hydrogen-bond acceptors (Lipinski definition) is 9. The van der Waals surface area contributed by atoms with E-state index in [1.54, 1.807) is 24.3 Å². The van der Waals surface area contributed by atoms with Crippen molar-refractivity contribution in [3.8, 4) is 0 Å². The van der Waals surface area contributed by atoms with E-state index in [1.165, 1.54) is 0 Å². The molecule has 1 aliphatic rings. The van der Waals surface area contributed by atoms with Crippen molar-refractivity contribution in [2.75, 3.05) is 19.7 Å². The standard InChI is InChI=1S/C20H30N2O9/c23-15-11-31-20(29,17(25)16(15)24)12-21-9-5-4-8-14(18(26)27)22-19(28)30-10-13-6-2-1-3-7-13/h1-3,6-7,14-17,21,23-25,29H,4-5,8-12H2,(H,22,28)(H,26,27)/t14-,15+,16+,17-,20+/m0/s1. The van der Waals surface area contributed by atoms with Gasteiger partial charge in [0, 0.05) is 0 Å². The third kappa shape index (κ3) is 7.73. The van der Waals surface area contributed by atoms with Gasteiger partial charge in [0.25, 0.3) is 0 Å². The van der Waals surface area contributed by atoms with E-state index in [2.05, 4.69) is 10.6 Å². The molecule has 0 unspecified atom stereocenters. The fourth-order valence-corrected chi connectivity index (χ4v) is 3.08. The molecule has 1 aromatic carbocycles. The first-order valence-corrected chi connectivity index (χ1v) is 10.0. The van der Waals surface area contributed by atoms with Gasteiger partial charge in [-0.2, -0.15) is 0 Å². The van der Waals surface area contributed by atoms with Gasteiger partial charge >= 0.3 is 12.1 Å². The fourth-order valence-electron chi connectivity index (χ4n) is 3.08. The number of aliphatic carboxylic acids is 1. The van der Waals surface area contributed by atoms with Crippen molar-refractivity contribution in [3.63, 3.8) is 0 Å². The number of amides is 1. The second-order valence-electron chi connectivity index (χ2n) is 7.43. The Morgan fingerprint density at radius 1 is 1.19 bits per heavy atom. The average molecular weight is 442 g/mol. The molecule has 1 aromatic rings. The zero-order valence-corrected chi connectivity index (χ0v) is 17.0. The average Bonchev–Trinajstić information content (AvgIpc) is 2.76. The van der Waals surface area contributed by atoms with Crippen LogP contribution in [0.4, 0.5) is 4.79 Å². The molecule has 31 heavy (non-hydrogen) atoms. The molecule has 1 amide bonds. The summed E-state index contributed by atoms with van der Waals surface area (Å²) in [6.45, 7) is -0.111. The Balaban J connectivity index is 1.64. The van der Waals surface area contributed by atoms with Crippen molar-refractivity contribution in [2.24, 2.45) is 0 Å². The minimum absolute atomic E-state index is 0.0332. The minimum Gasteiger partial charge on any atom is -0.480 e. The first kappa shape index (κ1) is 25.0. The number of nitrogens with one attached hydrogen (secondary N) is 2. The van der Waals surface area contributed by atoms with E-state index in [-0.39, 0.29) is 26.2 Å². The Hall–Kier alpha value is -2.28. The van der Waals surface area contributed by atoms with Crippen LogP contribution in [0.5, 0.6) is 0 Å². The Morgan fingerprint density at radius 2 is 1.90 bits per heavy atom. The molecular weight excluding hydrogens is 412 g/mol. The molecule has 1 aliphatic heterocycles. The van der Waals surface area contributed by atoms with Crippen molar-refractivity contribution >= 4 is 12.1 Å².